The molecule has 0 spiro atoms. The summed E-state index contributed by atoms with van der Waals surface area (Å²) in [6, 6.07) is 0. The van der Waals surface area contributed by atoms with Crippen molar-refractivity contribution in [2.45, 2.75) is 451 Å². The third kappa shape index (κ3) is 73.0. The Morgan fingerprint density at radius 3 is 0.710 bits per heavy atom. The maximum atomic E-state index is 13.1. The molecule has 0 aromatic heterocycles. The SMILES string of the molecule is CCCCCCCCCCCCCCCCCCCCC(=O)O[C@H](COC(=O)CCCCCCCCCCCCCCCCCC)COP(=O)(O)OC[C@@H](O)COP(=O)(O)OC[C@@H](COC(=O)CCCCCCCCCCCCCC)OC(=O)CCCCCCCCCCCCC(C)CC. The minimum Gasteiger partial charge on any atom is -0.462 e. The lowest BCUT2D eigenvalue weighted by atomic mass is 9.99. The number of aliphatic hydroxyl groups excluding tert-OH is 1. The molecule has 0 amide bonds. The monoisotopic (exact) mass is 1470 g/mol. The summed E-state index contributed by atoms with van der Waals surface area (Å²) in [4.78, 5) is 73.1. The fourth-order valence-electron chi connectivity index (χ4n) is 12.6. The maximum absolute atomic E-state index is 13.1. The molecule has 3 N–H and O–H groups in total. The van der Waals surface area contributed by atoms with Gasteiger partial charge in [0.1, 0.15) is 19.3 Å². The smallest absolute Gasteiger partial charge is 0.462 e. The van der Waals surface area contributed by atoms with Gasteiger partial charge >= 0.3 is 39.5 Å². The van der Waals surface area contributed by atoms with Crippen LogP contribution in [0.1, 0.15) is 433 Å². The predicted octanol–water partition coefficient (Wildman–Crippen LogP) is 24.4. The van der Waals surface area contributed by atoms with E-state index in [9.17, 15) is 43.2 Å². The Kier molecular flexibility index (Phi) is 72.5. The Labute approximate surface area is 613 Å². The van der Waals surface area contributed by atoms with E-state index in [0.29, 0.717) is 25.7 Å². The van der Waals surface area contributed by atoms with Crippen LogP contribution in [0.2, 0.25) is 0 Å². The molecule has 0 rings (SSSR count). The van der Waals surface area contributed by atoms with Gasteiger partial charge < -0.3 is 33.8 Å². The third-order valence-electron chi connectivity index (χ3n) is 19.4. The third-order valence-corrected chi connectivity index (χ3v) is 21.3. The van der Waals surface area contributed by atoms with Crippen molar-refractivity contribution >= 4 is 39.5 Å². The van der Waals surface area contributed by atoms with E-state index in [1.807, 2.05) is 0 Å². The van der Waals surface area contributed by atoms with Gasteiger partial charge in [0.2, 0.25) is 0 Å². The fraction of sp³-hybridized carbons (Fsp3) is 0.951. The van der Waals surface area contributed by atoms with Crippen LogP contribution in [0.3, 0.4) is 0 Å². The first-order valence-electron chi connectivity index (χ1n) is 42.2. The Hall–Kier alpha value is -1.94. The van der Waals surface area contributed by atoms with Gasteiger partial charge in [-0.1, -0.05) is 381 Å². The largest absolute Gasteiger partial charge is 0.472 e. The van der Waals surface area contributed by atoms with Gasteiger partial charge in [-0.2, -0.15) is 0 Å². The van der Waals surface area contributed by atoms with Crippen LogP contribution in [-0.2, 0) is 65.4 Å². The minimum atomic E-state index is -4.96. The first kappa shape index (κ1) is 98.1. The van der Waals surface area contributed by atoms with E-state index in [1.165, 1.54) is 257 Å². The van der Waals surface area contributed by atoms with Crippen molar-refractivity contribution in [3.05, 3.63) is 0 Å². The molecule has 19 heteroatoms. The number of hydrogen-bond donors (Lipinski definition) is 3. The second kappa shape index (κ2) is 73.9. The molecule has 0 aromatic rings. The van der Waals surface area contributed by atoms with Crippen LogP contribution in [0.15, 0.2) is 0 Å². The topological polar surface area (TPSA) is 237 Å². The van der Waals surface area contributed by atoms with Crippen LogP contribution in [0.5, 0.6) is 0 Å². The number of phosphoric acid groups is 2. The van der Waals surface area contributed by atoms with Gasteiger partial charge in [-0.25, -0.2) is 9.13 Å². The lowest BCUT2D eigenvalue weighted by molar-refractivity contribution is -0.161. The molecule has 3 unspecified atom stereocenters. The van der Waals surface area contributed by atoms with E-state index in [-0.39, 0.29) is 25.7 Å². The number of esters is 4. The molecule has 17 nitrogen and oxygen atoms in total. The zero-order valence-corrected chi connectivity index (χ0v) is 67.1. The van der Waals surface area contributed by atoms with Gasteiger partial charge in [-0.05, 0) is 31.6 Å². The fourth-order valence-corrected chi connectivity index (χ4v) is 14.1. The first-order chi connectivity index (χ1) is 48.6. The summed E-state index contributed by atoms with van der Waals surface area (Å²) < 4.78 is 68.8. The van der Waals surface area contributed by atoms with Crippen LogP contribution in [0.4, 0.5) is 0 Å². The molecular weight excluding hydrogens is 1310 g/mol. The number of phosphoric ester groups is 2. The molecule has 0 fully saturated rings. The Bertz CT molecular complexity index is 1910. The highest BCUT2D eigenvalue weighted by Gasteiger charge is 2.30. The average Bonchev–Trinajstić information content (AvgIpc) is 0.917. The summed E-state index contributed by atoms with van der Waals surface area (Å²) in [7, 11) is -9.92. The van der Waals surface area contributed by atoms with Gasteiger partial charge in [0.05, 0.1) is 26.4 Å². The number of ether oxygens (including phenoxy) is 4. The van der Waals surface area contributed by atoms with E-state index < -0.39 is 97.5 Å². The molecule has 6 atom stereocenters. The van der Waals surface area contributed by atoms with Crippen LogP contribution in [0, 0.1) is 5.92 Å². The molecule has 594 valence electrons. The van der Waals surface area contributed by atoms with E-state index in [1.54, 1.807) is 0 Å². The summed E-state index contributed by atoms with van der Waals surface area (Å²) >= 11 is 0. The molecule has 0 aliphatic heterocycles. The highest BCUT2D eigenvalue weighted by Crippen LogP contribution is 2.45. The first-order valence-corrected chi connectivity index (χ1v) is 45.2. The number of carbonyl (C=O) groups is 4. The van der Waals surface area contributed by atoms with Crippen molar-refractivity contribution < 1.29 is 80.2 Å². The Morgan fingerprint density at radius 2 is 0.480 bits per heavy atom. The summed E-state index contributed by atoms with van der Waals surface area (Å²) in [5.41, 5.74) is 0. The van der Waals surface area contributed by atoms with E-state index in [4.69, 9.17) is 37.0 Å². The zero-order valence-electron chi connectivity index (χ0n) is 65.3. The lowest BCUT2D eigenvalue weighted by Crippen LogP contribution is -2.30. The van der Waals surface area contributed by atoms with Crippen molar-refractivity contribution in [3.8, 4) is 0 Å². The Balaban J connectivity index is 5.26. The van der Waals surface area contributed by atoms with Gasteiger partial charge in [-0.3, -0.25) is 37.3 Å². The quantitative estimate of drug-likeness (QED) is 0.0222. The summed E-state index contributed by atoms with van der Waals surface area (Å²) in [6.45, 7) is 7.36. The number of unbranched alkanes of at least 4 members (excludes halogenated alkanes) is 52. The van der Waals surface area contributed by atoms with Crippen molar-refractivity contribution in [1.29, 1.82) is 0 Å². The number of carbonyl (C=O) groups excluding carboxylic acids is 4. The van der Waals surface area contributed by atoms with Crippen molar-refractivity contribution in [1.82, 2.24) is 0 Å². The molecule has 0 bridgehead atoms. The molecule has 0 aliphatic carbocycles. The summed E-state index contributed by atoms with van der Waals surface area (Å²) in [5.74, 6) is -1.30. The van der Waals surface area contributed by atoms with E-state index in [2.05, 4.69) is 34.6 Å². The standard InChI is InChI=1S/C81H158O17P2/c1-6-10-13-16-19-22-25-28-30-32-33-35-37-40-46-51-56-61-66-80(85)97-76(70-92-79(84)65-60-55-50-45-39-36-34-31-29-26-23-20-17-14-11-7-2)72-95-99(87,88)93-68-75(82)69-94-100(89,90)96-73-77(71-91-78(83)64-59-54-49-44-38-27-24-21-18-15-12-8-3)98-81(86)67-62-57-52-47-42-41-43-48-53-58-63-74(5)9-4/h74-77,82H,6-73H2,1-5H3,(H,87,88)(H,89,90)/t74?,75-,76-,77-/m1/s1. The molecule has 0 heterocycles. The molecular formula is C81H158O17P2. The van der Waals surface area contributed by atoms with Crippen LogP contribution >= 0.6 is 15.6 Å². The average molecular weight is 1470 g/mol. The molecule has 100 heavy (non-hydrogen) atoms. The summed E-state index contributed by atoms with van der Waals surface area (Å²) in [5, 5.41) is 10.6. The second-order valence-corrected chi connectivity index (χ2v) is 32.3. The number of aliphatic hydroxyl groups is 1. The number of hydrogen-bond acceptors (Lipinski definition) is 15. The van der Waals surface area contributed by atoms with Gasteiger partial charge in [0.25, 0.3) is 0 Å². The molecule has 0 aromatic carbocycles. The second-order valence-electron chi connectivity index (χ2n) is 29.4. The van der Waals surface area contributed by atoms with Crippen LogP contribution < -0.4 is 0 Å². The molecule has 0 radical (unpaired) electrons. The van der Waals surface area contributed by atoms with E-state index >= 15 is 0 Å². The minimum absolute atomic E-state index is 0.107. The van der Waals surface area contributed by atoms with E-state index in [0.717, 1.165) is 95.8 Å². The molecule has 0 saturated carbocycles. The van der Waals surface area contributed by atoms with Gasteiger partial charge in [0.15, 0.2) is 12.2 Å². The predicted molar refractivity (Wildman–Crippen MR) is 409 cm³/mol. The van der Waals surface area contributed by atoms with Crippen molar-refractivity contribution in [2.24, 2.45) is 5.92 Å². The number of rotatable bonds is 81. The molecule has 0 saturated heterocycles. The van der Waals surface area contributed by atoms with Crippen LogP contribution in [0.25, 0.3) is 0 Å². The maximum Gasteiger partial charge on any atom is 0.472 e. The van der Waals surface area contributed by atoms with Crippen molar-refractivity contribution in [2.75, 3.05) is 39.6 Å². The lowest BCUT2D eigenvalue weighted by Gasteiger charge is -2.21. The highest BCUT2D eigenvalue weighted by molar-refractivity contribution is 7.47. The zero-order chi connectivity index (χ0) is 73.4. The Morgan fingerprint density at radius 1 is 0.280 bits per heavy atom. The van der Waals surface area contributed by atoms with Gasteiger partial charge in [-0.15, -0.1) is 0 Å². The highest BCUT2D eigenvalue weighted by atomic mass is 31.2. The van der Waals surface area contributed by atoms with Gasteiger partial charge in [0, 0.05) is 25.7 Å². The summed E-state index contributed by atoms with van der Waals surface area (Å²) in [6.07, 6.45) is 65.0. The van der Waals surface area contributed by atoms with Crippen LogP contribution in [-0.4, -0.2) is 96.7 Å². The normalized spacial score (nSPS) is 14.1. The van der Waals surface area contributed by atoms with Crippen molar-refractivity contribution in [3.63, 3.8) is 0 Å². The molecule has 0 aliphatic rings.